The molecule has 102 valence electrons. The second kappa shape index (κ2) is 6.18. The Morgan fingerprint density at radius 3 is 2.32 bits per heavy atom. The molecule has 0 aliphatic heterocycles. The first-order chi connectivity index (χ1) is 8.81. The van der Waals surface area contributed by atoms with Crippen molar-refractivity contribution >= 4 is 17.4 Å². The molecule has 0 heterocycles. The molecule has 0 saturated carbocycles. The quantitative estimate of drug-likeness (QED) is 0.513. The number of Topliss-reactive ketones (excluding diaryl/α,β-unsaturated/α-hetero) is 1. The summed E-state index contributed by atoms with van der Waals surface area (Å²) in [5.41, 5.74) is 2.97. The molecule has 0 saturated heterocycles. The van der Waals surface area contributed by atoms with Crippen LogP contribution in [-0.2, 0) is 9.59 Å². The molecule has 4 nitrogen and oxygen atoms in total. The van der Waals surface area contributed by atoms with Gasteiger partial charge in [0.05, 0.1) is 5.57 Å². The molecule has 1 rings (SSSR count). The number of nitrogens with zero attached hydrogens (tertiary/aromatic N) is 1. The highest BCUT2D eigenvalue weighted by Crippen LogP contribution is 2.17. The van der Waals surface area contributed by atoms with Gasteiger partial charge in [0.25, 0.3) is 5.91 Å². The molecule has 1 amide bonds. The molecule has 0 spiro atoms. The van der Waals surface area contributed by atoms with E-state index in [0.717, 1.165) is 16.8 Å². The summed E-state index contributed by atoms with van der Waals surface area (Å²) in [5.74, 6) is -0.635. The zero-order valence-electron chi connectivity index (χ0n) is 12.1. The molecule has 0 unspecified atom stereocenters. The van der Waals surface area contributed by atoms with Crippen molar-refractivity contribution in [1.82, 2.24) is 4.90 Å². The zero-order chi connectivity index (χ0) is 14.6. The lowest BCUT2D eigenvalue weighted by Crippen LogP contribution is -2.21. The second-order valence-electron chi connectivity index (χ2n) is 4.84. The molecule has 0 aromatic heterocycles. The number of aryl methyl sites for hydroxylation is 2. The fraction of sp³-hybridized carbons (Fsp3) is 0.333. The van der Waals surface area contributed by atoms with Gasteiger partial charge < -0.3 is 10.2 Å². The molecule has 19 heavy (non-hydrogen) atoms. The minimum absolute atomic E-state index is 0.143. The van der Waals surface area contributed by atoms with Crippen LogP contribution in [0.3, 0.4) is 0 Å². The lowest BCUT2D eigenvalue weighted by molar-refractivity contribution is -0.119. The predicted octanol–water partition coefficient (Wildman–Crippen LogP) is 2.28. The van der Waals surface area contributed by atoms with Gasteiger partial charge in [-0.2, -0.15) is 0 Å². The van der Waals surface area contributed by atoms with Gasteiger partial charge in [0.2, 0.25) is 0 Å². The molecule has 4 heteroatoms. The Hall–Kier alpha value is -2.10. The summed E-state index contributed by atoms with van der Waals surface area (Å²) in [4.78, 5) is 25.3. The molecule has 0 aliphatic carbocycles. The first-order valence-electron chi connectivity index (χ1n) is 6.09. The number of ketones is 1. The maximum absolute atomic E-state index is 12.1. The third kappa shape index (κ3) is 4.25. The Kier molecular flexibility index (Phi) is 4.87. The normalized spacial score (nSPS) is 11.1. The van der Waals surface area contributed by atoms with E-state index < -0.39 is 0 Å². The first kappa shape index (κ1) is 15.0. The van der Waals surface area contributed by atoms with Gasteiger partial charge in [0, 0.05) is 26.0 Å². The Bertz CT molecular complexity index is 531. The largest absolute Gasteiger partial charge is 0.383 e. The van der Waals surface area contributed by atoms with Crippen LogP contribution in [0.15, 0.2) is 30.0 Å². The number of carbonyl (C=O) groups is 2. The Morgan fingerprint density at radius 1 is 1.21 bits per heavy atom. The SMILES string of the molecule is CC(=O)/C(=C/N(C)C)C(=O)Nc1ccc(C)cc1C. The number of anilines is 1. The zero-order valence-corrected chi connectivity index (χ0v) is 12.1. The van der Waals surface area contributed by atoms with Crippen LogP contribution in [0.4, 0.5) is 5.69 Å². The number of benzene rings is 1. The van der Waals surface area contributed by atoms with Gasteiger partial charge in [0.15, 0.2) is 5.78 Å². The van der Waals surface area contributed by atoms with Crippen LogP contribution in [0.25, 0.3) is 0 Å². The number of rotatable bonds is 4. The Morgan fingerprint density at radius 2 is 1.84 bits per heavy atom. The van der Waals surface area contributed by atoms with Gasteiger partial charge in [0.1, 0.15) is 0 Å². The minimum Gasteiger partial charge on any atom is -0.383 e. The van der Waals surface area contributed by atoms with Gasteiger partial charge in [-0.1, -0.05) is 17.7 Å². The van der Waals surface area contributed by atoms with Gasteiger partial charge in [-0.05, 0) is 32.4 Å². The van der Waals surface area contributed by atoms with Gasteiger partial charge in [-0.15, -0.1) is 0 Å². The molecular formula is C15H20N2O2. The highest BCUT2D eigenvalue weighted by Gasteiger charge is 2.15. The molecule has 1 aromatic carbocycles. The van der Waals surface area contributed by atoms with Crippen molar-refractivity contribution in [2.24, 2.45) is 0 Å². The summed E-state index contributed by atoms with van der Waals surface area (Å²) in [6.07, 6.45) is 1.53. The second-order valence-corrected chi connectivity index (χ2v) is 4.84. The third-order valence-corrected chi connectivity index (χ3v) is 2.64. The van der Waals surface area contributed by atoms with Gasteiger partial charge in [-0.25, -0.2) is 0 Å². The van der Waals surface area contributed by atoms with E-state index in [1.807, 2.05) is 32.0 Å². The lowest BCUT2D eigenvalue weighted by atomic mass is 10.1. The van der Waals surface area contributed by atoms with E-state index in [-0.39, 0.29) is 17.3 Å². The molecule has 1 N–H and O–H groups in total. The fourth-order valence-electron chi connectivity index (χ4n) is 1.71. The van der Waals surface area contributed by atoms with Crippen LogP contribution in [0.2, 0.25) is 0 Å². The van der Waals surface area contributed by atoms with E-state index in [2.05, 4.69) is 5.32 Å². The van der Waals surface area contributed by atoms with E-state index in [1.54, 1.807) is 19.0 Å². The number of nitrogens with one attached hydrogen (secondary N) is 1. The molecule has 0 atom stereocenters. The summed E-state index contributed by atoms with van der Waals surface area (Å²) < 4.78 is 0. The van der Waals surface area contributed by atoms with E-state index in [1.165, 1.54) is 13.1 Å². The van der Waals surface area contributed by atoms with E-state index >= 15 is 0 Å². The molecule has 0 radical (unpaired) electrons. The van der Waals surface area contributed by atoms with Crippen molar-refractivity contribution in [1.29, 1.82) is 0 Å². The molecule has 0 fully saturated rings. The standard InChI is InChI=1S/C15H20N2O2/c1-10-6-7-14(11(2)8-10)16-15(19)13(12(3)18)9-17(4)5/h6-9H,1-5H3,(H,16,19)/b13-9-. The smallest absolute Gasteiger partial charge is 0.260 e. The Labute approximate surface area is 114 Å². The van der Waals surface area contributed by atoms with Crippen molar-refractivity contribution in [3.05, 3.63) is 41.1 Å². The van der Waals surface area contributed by atoms with Crippen LogP contribution < -0.4 is 5.32 Å². The Balaban J connectivity index is 2.97. The molecule has 0 aliphatic rings. The predicted molar refractivity (Wildman–Crippen MR) is 77.0 cm³/mol. The van der Waals surface area contributed by atoms with Crippen molar-refractivity contribution < 1.29 is 9.59 Å². The maximum atomic E-state index is 12.1. The van der Waals surface area contributed by atoms with Crippen LogP contribution in [-0.4, -0.2) is 30.7 Å². The van der Waals surface area contributed by atoms with E-state index in [9.17, 15) is 9.59 Å². The summed E-state index contributed by atoms with van der Waals surface area (Å²) in [6, 6.07) is 5.75. The highest BCUT2D eigenvalue weighted by molar-refractivity contribution is 6.22. The van der Waals surface area contributed by atoms with Crippen molar-refractivity contribution in [3.63, 3.8) is 0 Å². The lowest BCUT2D eigenvalue weighted by Gasteiger charge is -2.12. The van der Waals surface area contributed by atoms with Crippen LogP contribution in [0.1, 0.15) is 18.1 Å². The number of hydrogen-bond donors (Lipinski definition) is 1. The summed E-state index contributed by atoms with van der Waals surface area (Å²) in [7, 11) is 3.54. The first-order valence-corrected chi connectivity index (χ1v) is 6.09. The van der Waals surface area contributed by atoms with Crippen LogP contribution in [0.5, 0.6) is 0 Å². The van der Waals surface area contributed by atoms with Crippen molar-refractivity contribution in [2.45, 2.75) is 20.8 Å². The summed E-state index contributed by atoms with van der Waals surface area (Å²) in [5, 5.41) is 2.77. The average Bonchev–Trinajstić information content (AvgIpc) is 2.29. The van der Waals surface area contributed by atoms with Crippen LogP contribution in [0, 0.1) is 13.8 Å². The molecule has 0 bridgehead atoms. The molecule has 1 aromatic rings. The van der Waals surface area contributed by atoms with Crippen molar-refractivity contribution in [3.8, 4) is 0 Å². The topological polar surface area (TPSA) is 49.4 Å². The third-order valence-electron chi connectivity index (χ3n) is 2.64. The van der Waals surface area contributed by atoms with Gasteiger partial charge in [-0.3, -0.25) is 9.59 Å². The van der Waals surface area contributed by atoms with Gasteiger partial charge >= 0.3 is 0 Å². The van der Waals surface area contributed by atoms with Crippen molar-refractivity contribution in [2.75, 3.05) is 19.4 Å². The van der Waals surface area contributed by atoms with Crippen LogP contribution >= 0.6 is 0 Å². The monoisotopic (exact) mass is 260 g/mol. The minimum atomic E-state index is -0.381. The fourth-order valence-corrected chi connectivity index (χ4v) is 1.71. The number of carbonyl (C=O) groups excluding carboxylic acids is 2. The van der Waals surface area contributed by atoms with E-state index in [4.69, 9.17) is 0 Å². The summed E-state index contributed by atoms with van der Waals surface area (Å²) >= 11 is 0. The van der Waals surface area contributed by atoms with E-state index in [0.29, 0.717) is 0 Å². The molecular weight excluding hydrogens is 240 g/mol. The maximum Gasteiger partial charge on any atom is 0.260 e. The number of hydrogen-bond acceptors (Lipinski definition) is 3. The number of amides is 1. The average molecular weight is 260 g/mol. The highest BCUT2D eigenvalue weighted by atomic mass is 16.2. The summed E-state index contributed by atoms with van der Waals surface area (Å²) in [6.45, 7) is 5.30.